The van der Waals surface area contributed by atoms with Gasteiger partial charge in [-0.1, -0.05) is 0 Å². The molecule has 0 aliphatic rings. The summed E-state index contributed by atoms with van der Waals surface area (Å²) < 4.78 is -0.495. The zero-order valence-electron chi connectivity index (χ0n) is 2.40. The van der Waals surface area contributed by atoms with Gasteiger partial charge in [0.2, 0.25) is 0 Å². The zero-order valence-corrected chi connectivity index (χ0v) is 6.90. The molecule has 6 heteroatoms. The van der Waals surface area contributed by atoms with Crippen LogP contribution in [0.3, 0.4) is 0 Å². The van der Waals surface area contributed by atoms with Gasteiger partial charge in [-0.05, 0) is 0 Å². The van der Waals surface area contributed by atoms with Gasteiger partial charge in [0.1, 0.15) is 0 Å². The van der Waals surface area contributed by atoms with E-state index in [1.807, 2.05) is 0 Å². The molecule has 0 aliphatic heterocycles. The zero-order chi connectivity index (χ0) is 5.15. The predicted octanol–water partition coefficient (Wildman–Crippen LogP) is 2.15. The predicted molar refractivity (Wildman–Crippen MR) is 35.8 cm³/mol. The van der Waals surface area contributed by atoms with E-state index in [2.05, 4.69) is 12.7 Å². The van der Waals surface area contributed by atoms with Crippen LogP contribution in [-0.2, 0) is 0 Å². The Morgan fingerprint density at radius 3 is 2.17 bits per heavy atom. The van der Waals surface area contributed by atoms with Crippen LogP contribution in [0, 0.1) is 10.1 Å². The summed E-state index contributed by atoms with van der Waals surface area (Å²) in [5.74, 6) is 0. The van der Waals surface area contributed by atoms with Crippen LogP contribution in [0.2, 0.25) is 0 Å². The van der Waals surface area contributed by atoms with Crippen LogP contribution in [0.5, 0.6) is 0 Å². The molecule has 0 N–H and O–H groups in total. The van der Waals surface area contributed by atoms with Crippen LogP contribution in [0.25, 0.3) is 0 Å². The van der Waals surface area contributed by atoms with Crippen molar-refractivity contribution in [1.29, 1.82) is 0 Å². The fourth-order valence-corrected chi connectivity index (χ4v) is 0. The minimum absolute atomic E-state index is 0.495. The number of nitro groups is 1. The Morgan fingerprint density at radius 1 is 2.00 bits per heavy atom. The molecule has 0 atom stereocenters. The van der Waals surface area contributed by atoms with Gasteiger partial charge in [-0.2, -0.15) is 0 Å². The molecule has 3 nitrogen and oxygen atoms in total. The van der Waals surface area contributed by atoms with E-state index in [4.69, 9.17) is 8.91 Å². The molecule has 0 saturated carbocycles. The van der Waals surface area contributed by atoms with E-state index in [1.165, 1.54) is 0 Å². The number of rotatable bonds is 1. The van der Waals surface area contributed by atoms with Crippen molar-refractivity contribution in [3.63, 3.8) is 0 Å². The van der Waals surface area contributed by atoms with E-state index in [0.29, 0.717) is 0 Å². The second kappa shape index (κ2) is 2.98. The fourth-order valence-electron chi connectivity index (χ4n) is 0. The first-order chi connectivity index (χ1) is 2.64. The van der Waals surface area contributed by atoms with E-state index >= 15 is 0 Å². The van der Waals surface area contributed by atoms with E-state index < -0.39 is 19.9 Å². The summed E-state index contributed by atoms with van der Waals surface area (Å²) in [5, 5.41) is 9.40. The third-order valence-corrected chi connectivity index (χ3v) is 2.87. The van der Waals surface area contributed by atoms with Gasteiger partial charge in [0.25, 0.3) is 0 Å². The molecule has 0 aliphatic carbocycles. The summed E-state index contributed by atoms with van der Waals surface area (Å²) >= 11 is 0.285. The Bertz CT molecular complexity index is 64.6. The van der Waals surface area contributed by atoms with Crippen molar-refractivity contribution in [3.8, 4) is 0 Å². The topological polar surface area (TPSA) is 43.1 Å². The first-order valence-corrected chi connectivity index (χ1v) is 9.35. The van der Waals surface area contributed by atoms with Crippen molar-refractivity contribution in [2.75, 3.05) is 0 Å². The molecule has 0 rings (SSSR count). The summed E-state index contributed by atoms with van der Waals surface area (Å²) in [6.07, 6.45) is 0. The van der Waals surface area contributed by atoms with Crippen LogP contribution < -0.4 is 0 Å². The van der Waals surface area contributed by atoms with Crippen LogP contribution in [0.4, 0.5) is 0 Å². The van der Waals surface area contributed by atoms with Gasteiger partial charge < -0.3 is 0 Å². The maximum atomic E-state index is 9.40. The molecule has 0 aromatic rings. The molecule has 0 fully saturated rings. The van der Waals surface area contributed by atoms with Crippen molar-refractivity contribution in [2.24, 2.45) is 0 Å². The van der Waals surface area contributed by atoms with Gasteiger partial charge in [-0.25, -0.2) is 0 Å². The van der Waals surface area contributed by atoms with Gasteiger partial charge in [-0.15, -0.1) is 0 Å². The molecule has 6 heavy (non-hydrogen) atoms. The van der Waals surface area contributed by atoms with Crippen molar-refractivity contribution < 1.29 is 3.14 Å². The van der Waals surface area contributed by atoms with Crippen molar-refractivity contribution in [2.45, 2.75) is 0 Å². The Balaban J connectivity index is 3.26. The molecule has 0 heterocycles. The first-order valence-electron chi connectivity index (χ1n) is 0.820. The van der Waals surface area contributed by atoms with Crippen molar-refractivity contribution in [3.05, 3.63) is 10.1 Å². The first kappa shape index (κ1) is 6.90. The molecule has 0 spiro atoms. The molecule has 0 saturated heterocycles. The second-order valence-electron chi connectivity index (χ2n) is 0.394. The molecule has 0 radical (unpaired) electrons. The summed E-state index contributed by atoms with van der Waals surface area (Å²) in [6.45, 7) is 0. The molecular formula is BrClINO2. The summed E-state index contributed by atoms with van der Waals surface area (Å²) in [7, 11) is 4.99. The number of halogens is 3. The number of hydrogen-bond acceptors (Lipinski definition) is 2. The fraction of sp³-hybridized carbons (Fsp3) is 0. The van der Waals surface area contributed by atoms with E-state index in [9.17, 15) is 10.1 Å². The second-order valence-corrected chi connectivity index (χ2v) is 10.2. The van der Waals surface area contributed by atoms with Gasteiger partial charge in [0.05, 0.1) is 0 Å². The quantitative estimate of drug-likeness (QED) is 0.321. The van der Waals surface area contributed by atoms with Gasteiger partial charge in [0.15, 0.2) is 0 Å². The van der Waals surface area contributed by atoms with Crippen LogP contribution >= 0.6 is 38.3 Å². The van der Waals surface area contributed by atoms with Crippen molar-refractivity contribution >= 4 is 38.3 Å². The monoisotopic (exact) mass is 287 g/mol. The van der Waals surface area contributed by atoms with Crippen molar-refractivity contribution in [1.82, 2.24) is 0 Å². The SMILES string of the molecule is O=[N+]([O-])I(Cl)Br. The van der Waals surface area contributed by atoms with Gasteiger partial charge in [-0.3, -0.25) is 0 Å². The van der Waals surface area contributed by atoms with Crippen LogP contribution in [0.15, 0.2) is 0 Å². The van der Waals surface area contributed by atoms with E-state index in [0.717, 1.165) is 0 Å². The van der Waals surface area contributed by atoms with E-state index in [-0.39, 0.29) is 0 Å². The molecule has 0 aromatic carbocycles. The minimum atomic E-state index is -2.38. The molecule has 0 bridgehead atoms. The third-order valence-electron chi connectivity index (χ3n) is 0.104. The standard InChI is InChI=1S/BrClINO2/c1-3(2)4(5)6. The molecule has 0 unspecified atom stereocenters. The molecule has 0 amide bonds. The van der Waals surface area contributed by atoms with E-state index in [1.54, 1.807) is 0 Å². The summed E-state index contributed by atoms with van der Waals surface area (Å²) in [5.41, 5.74) is 0. The molecular weight excluding hydrogens is 288 g/mol. The Morgan fingerprint density at radius 2 is 2.17 bits per heavy atom. The average Bonchev–Trinajstić information content (AvgIpc) is 1.36. The summed E-state index contributed by atoms with van der Waals surface area (Å²) in [4.78, 5) is 9.40. The summed E-state index contributed by atoms with van der Waals surface area (Å²) in [6, 6.07) is 0. The third kappa shape index (κ3) is 3.10. The normalized spacial score (nSPS) is 10.7. The Labute approximate surface area is 51.4 Å². The molecule has 38 valence electrons. The molecule has 0 aromatic heterocycles. The van der Waals surface area contributed by atoms with Gasteiger partial charge >= 0.3 is 51.6 Å². The van der Waals surface area contributed by atoms with Crippen LogP contribution in [0.1, 0.15) is 0 Å². The van der Waals surface area contributed by atoms with Gasteiger partial charge in [0, 0.05) is 0 Å². The Hall–Kier alpha value is 0.900. The van der Waals surface area contributed by atoms with Crippen LogP contribution in [-0.4, -0.2) is 3.14 Å². The maximum absolute atomic E-state index is 9.40. The number of hydrogen-bond donors (Lipinski definition) is 0. The number of nitrogens with zero attached hydrogens (tertiary/aromatic N) is 1. The average molecular weight is 288 g/mol. The Kier molecular flexibility index (Phi) is 3.42.